The smallest absolute Gasteiger partial charge is 0.191 e. The van der Waals surface area contributed by atoms with Crippen LogP contribution >= 0.6 is 0 Å². The number of nitrogens with zero attached hydrogens (tertiary/aromatic N) is 4. The molecule has 8 heteroatoms. The van der Waals surface area contributed by atoms with Crippen molar-refractivity contribution in [3.8, 4) is 5.69 Å². The minimum Gasteiger partial charge on any atom is -0.374 e. The molecular formula is C22H33FN6O. The quantitative estimate of drug-likeness (QED) is 0.536. The Morgan fingerprint density at radius 2 is 2.20 bits per heavy atom. The summed E-state index contributed by atoms with van der Waals surface area (Å²) < 4.78 is 22.2. The molecule has 164 valence electrons. The molecule has 0 aliphatic carbocycles. The van der Waals surface area contributed by atoms with Crippen LogP contribution in [0.25, 0.3) is 5.69 Å². The lowest BCUT2D eigenvalue weighted by Crippen LogP contribution is -2.50. The number of hydrogen-bond acceptors (Lipinski definition) is 4. The van der Waals surface area contributed by atoms with Gasteiger partial charge in [0.15, 0.2) is 5.96 Å². The number of nitrogens with one attached hydrogen (secondary N) is 2. The Morgan fingerprint density at radius 1 is 1.37 bits per heavy atom. The molecule has 1 atom stereocenters. The van der Waals surface area contributed by atoms with Gasteiger partial charge in [-0.3, -0.25) is 9.89 Å². The Kier molecular flexibility index (Phi) is 7.81. The van der Waals surface area contributed by atoms with Crippen molar-refractivity contribution in [1.29, 1.82) is 0 Å². The van der Waals surface area contributed by atoms with Gasteiger partial charge in [-0.25, -0.2) is 9.37 Å². The van der Waals surface area contributed by atoms with Gasteiger partial charge in [-0.05, 0) is 30.5 Å². The van der Waals surface area contributed by atoms with Crippen molar-refractivity contribution < 1.29 is 9.13 Å². The predicted octanol–water partition coefficient (Wildman–Crippen LogP) is 2.34. The van der Waals surface area contributed by atoms with Gasteiger partial charge < -0.3 is 19.9 Å². The van der Waals surface area contributed by atoms with Crippen LogP contribution in [0.15, 0.2) is 35.6 Å². The van der Waals surface area contributed by atoms with Crippen molar-refractivity contribution in [1.82, 2.24) is 25.1 Å². The van der Waals surface area contributed by atoms with Crippen molar-refractivity contribution >= 4 is 5.96 Å². The Labute approximate surface area is 178 Å². The Bertz CT molecular complexity index is 850. The number of rotatable bonds is 7. The summed E-state index contributed by atoms with van der Waals surface area (Å²) in [4.78, 5) is 10.9. The molecule has 0 bridgehead atoms. The van der Waals surface area contributed by atoms with Crippen molar-refractivity contribution in [3.05, 3.63) is 47.8 Å². The number of aryl methyl sites for hydroxylation is 1. The molecular weight excluding hydrogens is 383 g/mol. The van der Waals surface area contributed by atoms with Gasteiger partial charge in [0.1, 0.15) is 11.6 Å². The summed E-state index contributed by atoms with van der Waals surface area (Å²) >= 11 is 0. The van der Waals surface area contributed by atoms with E-state index < -0.39 is 0 Å². The number of halogens is 1. The third-order valence-electron chi connectivity index (χ3n) is 5.12. The molecule has 2 heterocycles. The molecule has 0 spiro atoms. The summed E-state index contributed by atoms with van der Waals surface area (Å²) in [7, 11) is 1.73. The summed E-state index contributed by atoms with van der Waals surface area (Å²) in [6.07, 6.45) is 3.55. The monoisotopic (exact) mass is 416 g/mol. The molecule has 30 heavy (non-hydrogen) atoms. The van der Waals surface area contributed by atoms with Gasteiger partial charge in [-0.2, -0.15) is 0 Å². The zero-order chi connectivity index (χ0) is 21.5. The van der Waals surface area contributed by atoms with E-state index in [1.54, 1.807) is 36.1 Å². The Morgan fingerprint density at radius 3 is 2.87 bits per heavy atom. The van der Waals surface area contributed by atoms with Gasteiger partial charge in [0.25, 0.3) is 0 Å². The molecule has 2 N–H and O–H groups in total. The van der Waals surface area contributed by atoms with E-state index in [9.17, 15) is 4.39 Å². The standard InChI is InChI=1S/C22H33FN6O/c1-16(2)14-28-9-10-30-19(15-28)13-27-22(24-4)26-12-18-5-6-21(20(23)11-18)29-8-7-25-17(29)3/h5-8,11,16,19H,9-10,12-15H2,1-4H3,(H2,24,26,27). The third-order valence-corrected chi connectivity index (χ3v) is 5.12. The predicted molar refractivity (Wildman–Crippen MR) is 117 cm³/mol. The van der Waals surface area contributed by atoms with E-state index in [2.05, 4.69) is 39.4 Å². The highest BCUT2D eigenvalue weighted by Gasteiger charge is 2.21. The number of hydrogen-bond donors (Lipinski definition) is 2. The molecule has 1 unspecified atom stereocenters. The summed E-state index contributed by atoms with van der Waals surface area (Å²) in [5, 5.41) is 6.57. The Balaban J connectivity index is 1.50. The highest BCUT2D eigenvalue weighted by Crippen LogP contribution is 2.16. The molecule has 0 amide bonds. The molecule has 7 nitrogen and oxygen atoms in total. The van der Waals surface area contributed by atoms with Crippen LogP contribution in [0.2, 0.25) is 0 Å². The van der Waals surface area contributed by atoms with E-state index in [0.717, 1.165) is 37.6 Å². The van der Waals surface area contributed by atoms with E-state index in [1.165, 1.54) is 0 Å². The van der Waals surface area contributed by atoms with E-state index in [1.807, 2.05) is 13.0 Å². The fraction of sp³-hybridized carbons (Fsp3) is 0.545. The second kappa shape index (κ2) is 10.5. The highest BCUT2D eigenvalue weighted by molar-refractivity contribution is 5.79. The van der Waals surface area contributed by atoms with Gasteiger partial charge in [-0.1, -0.05) is 19.9 Å². The second-order valence-corrected chi connectivity index (χ2v) is 8.08. The number of imidazole rings is 1. The highest BCUT2D eigenvalue weighted by atomic mass is 19.1. The average molecular weight is 417 g/mol. The first-order valence-corrected chi connectivity index (χ1v) is 10.5. The lowest BCUT2D eigenvalue weighted by Gasteiger charge is -2.34. The minimum atomic E-state index is -0.279. The van der Waals surface area contributed by atoms with Crippen molar-refractivity contribution in [2.75, 3.05) is 39.8 Å². The van der Waals surface area contributed by atoms with Crippen LogP contribution in [0.1, 0.15) is 25.2 Å². The molecule has 1 saturated heterocycles. The maximum absolute atomic E-state index is 14.6. The van der Waals surface area contributed by atoms with E-state index in [-0.39, 0.29) is 11.9 Å². The van der Waals surface area contributed by atoms with E-state index in [4.69, 9.17) is 4.74 Å². The van der Waals surface area contributed by atoms with Crippen LogP contribution < -0.4 is 10.6 Å². The maximum Gasteiger partial charge on any atom is 0.191 e. The maximum atomic E-state index is 14.6. The largest absolute Gasteiger partial charge is 0.374 e. The van der Waals surface area contributed by atoms with Crippen LogP contribution in [0, 0.1) is 18.7 Å². The molecule has 1 aromatic heterocycles. The van der Waals surface area contributed by atoms with Gasteiger partial charge in [0.05, 0.1) is 18.4 Å². The SMILES string of the molecule is CN=C(NCc1ccc(-n2ccnc2C)c(F)c1)NCC1CN(CC(C)C)CCO1. The third kappa shape index (κ3) is 6.03. The zero-order valence-corrected chi connectivity index (χ0v) is 18.4. The number of morpholine rings is 1. The molecule has 1 aromatic carbocycles. The first kappa shape index (κ1) is 22.2. The fourth-order valence-corrected chi connectivity index (χ4v) is 3.69. The number of aliphatic imine (C=N–C) groups is 1. The number of aromatic nitrogens is 2. The van der Waals surface area contributed by atoms with Gasteiger partial charge in [0.2, 0.25) is 0 Å². The van der Waals surface area contributed by atoms with Gasteiger partial charge in [0, 0.05) is 52.2 Å². The van der Waals surface area contributed by atoms with Crippen molar-refractivity contribution in [2.45, 2.75) is 33.4 Å². The summed E-state index contributed by atoms with van der Waals surface area (Å²) in [6.45, 7) is 11.2. The molecule has 2 aromatic rings. The molecule has 1 aliphatic rings. The normalized spacial score (nSPS) is 18.1. The molecule has 0 saturated carbocycles. The first-order chi connectivity index (χ1) is 14.5. The fourth-order valence-electron chi connectivity index (χ4n) is 3.69. The number of ether oxygens (including phenoxy) is 1. The lowest BCUT2D eigenvalue weighted by molar-refractivity contribution is -0.0284. The van der Waals surface area contributed by atoms with Crippen molar-refractivity contribution in [3.63, 3.8) is 0 Å². The second-order valence-electron chi connectivity index (χ2n) is 8.08. The minimum absolute atomic E-state index is 0.131. The average Bonchev–Trinajstić information content (AvgIpc) is 3.13. The molecule has 3 rings (SSSR count). The van der Waals surface area contributed by atoms with E-state index in [0.29, 0.717) is 30.7 Å². The topological polar surface area (TPSA) is 66.7 Å². The van der Waals surface area contributed by atoms with Crippen LogP contribution in [0.4, 0.5) is 4.39 Å². The number of guanidine groups is 1. The molecule has 1 fully saturated rings. The summed E-state index contributed by atoms with van der Waals surface area (Å²) in [5.74, 6) is 1.80. The van der Waals surface area contributed by atoms with Crippen LogP contribution in [0.3, 0.4) is 0 Å². The summed E-state index contributed by atoms with van der Waals surface area (Å²) in [5.41, 5.74) is 1.34. The zero-order valence-electron chi connectivity index (χ0n) is 18.4. The van der Waals surface area contributed by atoms with Gasteiger partial charge >= 0.3 is 0 Å². The van der Waals surface area contributed by atoms with E-state index >= 15 is 0 Å². The van der Waals surface area contributed by atoms with Crippen LogP contribution in [0.5, 0.6) is 0 Å². The number of benzene rings is 1. The Hall–Kier alpha value is -2.45. The van der Waals surface area contributed by atoms with Crippen LogP contribution in [-0.4, -0.2) is 66.3 Å². The lowest BCUT2D eigenvalue weighted by atomic mass is 10.2. The van der Waals surface area contributed by atoms with Crippen molar-refractivity contribution in [2.24, 2.45) is 10.9 Å². The molecule has 0 radical (unpaired) electrons. The van der Waals surface area contributed by atoms with Gasteiger partial charge in [-0.15, -0.1) is 0 Å². The van der Waals surface area contributed by atoms with Crippen LogP contribution in [-0.2, 0) is 11.3 Å². The first-order valence-electron chi connectivity index (χ1n) is 10.5. The molecule has 1 aliphatic heterocycles. The summed E-state index contributed by atoms with van der Waals surface area (Å²) in [6, 6.07) is 5.23.